The van der Waals surface area contributed by atoms with E-state index in [1.807, 2.05) is 19.1 Å². The van der Waals surface area contributed by atoms with Crippen LogP contribution in [0.3, 0.4) is 0 Å². The first-order chi connectivity index (χ1) is 8.60. The Balaban J connectivity index is 2.29. The summed E-state index contributed by atoms with van der Waals surface area (Å²) in [6.07, 6.45) is 0. The van der Waals surface area contributed by atoms with Crippen LogP contribution in [0.1, 0.15) is 11.3 Å². The van der Waals surface area contributed by atoms with Crippen molar-refractivity contribution >= 4 is 27.4 Å². The van der Waals surface area contributed by atoms with Crippen molar-refractivity contribution in [2.45, 2.75) is 6.92 Å². The topological polar surface area (TPSA) is 48.7 Å². The third kappa shape index (κ3) is 2.66. The Hall–Kier alpha value is -1.93. The molecule has 0 aliphatic heterocycles. The molecule has 0 fully saturated rings. The van der Waals surface area contributed by atoms with Crippen LogP contribution < -0.4 is 5.32 Å². The van der Waals surface area contributed by atoms with Crippen molar-refractivity contribution in [1.29, 1.82) is 5.26 Å². The van der Waals surface area contributed by atoms with E-state index in [0.29, 0.717) is 11.5 Å². The Labute approximate surface area is 112 Å². The van der Waals surface area contributed by atoms with E-state index in [9.17, 15) is 4.39 Å². The van der Waals surface area contributed by atoms with Crippen LogP contribution in [0.25, 0.3) is 0 Å². The number of anilines is 2. The molecule has 18 heavy (non-hydrogen) atoms. The number of nitrogens with zero attached hydrogens (tertiary/aromatic N) is 2. The molecule has 3 nitrogen and oxygen atoms in total. The molecule has 1 aromatic heterocycles. The summed E-state index contributed by atoms with van der Waals surface area (Å²) < 4.78 is 14.5. The molecule has 0 saturated carbocycles. The molecule has 0 bridgehead atoms. The van der Waals surface area contributed by atoms with Gasteiger partial charge in [0.05, 0.1) is 23.0 Å². The van der Waals surface area contributed by atoms with Gasteiger partial charge in [0.25, 0.3) is 0 Å². The van der Waals surface area contributed by atoms with Gasteiger partial charge in [-0.15, -0.1) is 0 Å². The normalized spacial score (nSPS) is 9.89. The second-order valence-corrected chi connectivity index (χ2v) is 4.55. The van der Waals surface area contributed by atoms with Crippen molar-refractivity contribution in [3.05, 3.63) is 51.9 Å². The van der Waals surface area contributed by atoms with Crippen LogP contribution in [-0.4, -0.2) is 4.98 Å². The molecule has 0 unspecified atom stereocenters. The zero-order valence-electron chi connectivity index (χ0n) is 9.54. The molecule has 2 aromatic rings. The monoisotopic (exact) mass is 305 g/mol. The Bertz CT molecular complexity index is 635. The minimum atomic E-state index is -0.476. The smallest absolute Gasteiger partial charge is 0.147 e. The van der Waals surface area contributed by atoms with Crippen LogP contribution in [-0.2, 0) is 0 Å². The van der Waals surface area contributed by atoms with Crippen molar-refractivity contribution in [2.75, 3.05) is 5.32 Å². The third-order valence-corrected chi connectivity index (χ3v) is 3.22. The van der Waals surface area contributed by atoms with Gasteiger partial charge in [0.15, 0.2) is 0 Å². The average Bonchev–Trinajstić information content (AvgIpc) is 2.36. The molecule has 1 aromatic carbocycles. The summed E-state index contributed by atoms with van der Waals surface area (Å²) >= 11 is 3.35. The molecule has 0 amide bonds. The summed E-state index contributed by atoms with van der Waals surface area (Å²) in [5.41, 5.74) is 1.40. The van der Waals surface area contributed by atoms with Gasteiger partial charge in [-0.3, -0.25) is 0 Å². The lowest BCUT2D eigenvalue weighted by Crippen LogP contribution is -1.98. The van der Waals surface area contributed by atoms with E-state index in [0.717, 1.165) is 10.2 Å². The second-order valence-electron chi connectivity index (χ2n) is 3.70. The quantitative estimate of drug-likeness (QED) is 0.915. The maximum atomic E-state index is 13.7. The molecule has 0 aliphatic carbocycles. The lowest BCUT2D eigenvalue weighted by Gasteiger charge is -2.08. The zero-order valence-corrected chi connectivity index (χ0v) is 11.1. The van der Waals surface area contributed by atoms with Crippen molar-refractivity contribution in [3.63, 3.8) is 0 Å². The van der Waals surface area contributed by atoms with Gasteiger partial charge in [0.1, 0.15) is 11.6 Å². The van der Waals surface area contributed by atoms with Gasteiger partial charge in [0, 0.05) is 4.47 Å². The van der Waals surface area contributed by atoms with Gasteiger partial charge in [-0.2, -0.15) is 5.26 Å². The van der Waals surface area contributed by atoms with Gasteiger partial charge in [-0.25, -0.2) is 9.37 Å². The van der Waals surface area contributed by atoms with Crippen molar-refractivity contribution < 1.29 is 4.39 Å². The van der Waals surface area contributed by atoms with Crippen molar-refractivity contribution in [2.24, 2.45) is 0 Å². The molecule has 1 heterocycles. The first kappa shape index (κ1) is 12.5. The van der Waals surface area contributed by atoms with Crippen LogP contribution in [0.4, 0.5) is 15.9 Å². The van der Waals surface area contributed by atoms with Crippen LogP contribution >= 0.6 is 15.9 Å². The van der Waals surface area contributed by atoms with Crippen molar-refractivity contribution in [1.82, 2.24) is 4.98 Å². The van der Waals surface area contributed by atoms with E-state index in [4.69, 9.17) is 5.26 Å². The summed E-state index contributed by atoms with van der Waals surface area (Å²) in [7, 11) is 0. The number of aryl methyl sites for hydroxylation is 1. The summed E-state index contributed by atoms with van der Waals surface area (Å²) in [6, 6.07) is 9.73. The average molecular weight is 306 g/mol. The van der Waals surface area contributed by atoms with Crippen LogP contribution in [0.15, 0.2) is 34.8 Å². The molecular weight excluding hydrogens is 297 g/mol. The fourth-order valence-corrected chi connectivity index (χ4v) is 1.66. The number of hydrogen-bond donors (Lipinski definition) is 1. The maximum absolute atomic E-state index is 13.7. The number of aromatic nitrogens is 1. The van der Waals surface area contributed by atoms with E-state index in [-0.39, 0.29) is 5.56 Å². The highest BCUT2D eigenvalue weighted by Gasteiger charge is 2.05. The van der Waals surface area contributed by atoms with Crippen molar-refractivity contribution in [3.8, 4) is 6.07 Å². The van der Waals surface area contributed by atoms with Gasteiger partial charge >= 0.3 is 0 Å². The molecule has 90 valence electrons. The molecule has 0 saturated heterocycles. The molecule has 1 N–H and O–H groups in total. The highest BCUT2D eigenvalue weighted by molar-refractivity contribution is 9.10. The largest absolute Gasteiger partial charge is 0.338 e. The van der Waals surface area contributed by atoms with Gasteiger partial charge in [0.2, 0.25) is 0 Å². The highest BCUT2D eigenvalue weighted by Crippen LogP contribution is 2.22. The van der Waals surface area contributed by atoms with Gasteiger partial charge in [-0.05, 0) is 53.2 Å². The first-order valence-electron chi connectivity index (χ1n) is 5.20. The number of halogens is 2. The van der Waals surface area contributed by atoms with E-state index in [1.165, 1.54) is 12.1 Å². The lowest BCUT2D eigenvalue weighted by atomic mass is 10.2. The number of benzene rings is 1. The van der Waals surface area contributed by atoms with Gasteiger partial charge < -0.3 is 5.32 Å². The SMILES string of the molecule is Cc1nc(Nc2ccc(C#N)cc2F)ccc1Br. The standard InChI is InChI=1S/C13H9BrFN3/c1-8-10(14)3-5-13(17-8)18-12-4-2-9(7-16)6-11(12)15/h2-6H,1H3,(H,17,18). The molecule has 0 aliphatic rings. The molecule has 5 heteroatoms. The Morgan fingerprint density at radius 3 is 2.72 bits per heavy atom. The number of hydrogen-bond acceptors (Lipinski definition) is 3. The maximum Gasteiger partial charge on any atom is 0.147 e. The second kappa shape index (κ2) is 5.15. The predicted molar refractivity (Wildman–Crippen MR) is 71.1 cm³/mol. The summed E-state index contributed by atoms with van der Waals surface area (Å²) in [5.74, 6) is 0.0794. The Morgan fingerprint density at radius 2 is 2.11 bits per heavy atom. The number of pyridine rings is 1. The van der Waals surface area contributed by atoms with E-state index < -0.39 is 5.82 Å². The summed E-state index contributed by atoms with van der Waals surface area (Å²) in [5, 5.41) is 11.5. The van der Waals surface area contributed by atoms with Gasteiger partial charge in [-0.1, -0.05) is 0 Å². The minimum Gasteiger partial charge on any atom is -0.338 e. The molecule has 0 radical (unpaired) electrons. The van der Waals surface area contributed by atoms with Crippen LogP contribution in [0.2, 0.25) is 0 Å². The van der Waals surface area contributed by atoms with E-state index >= 15 is 0 Å². The Kier molecular flexibility index (Phi) is 3.58. The fraction of sp³-hybridized carbons (Fsp3) is 0.0769. The van der Waals surface area contributed by atoms with Crippen LogP contribution in [0.5, 0.6) is 0 Å². The lowest BCUT2D eigenvalue weighted by molar-refractivity contribution is 0.631. The molecular formula is C13H9BrFN3. The molecule has 0 spiro atoms. The van der Waals surface area contributed by atoms with E-state index in [1.54, 1.807) is 12.1 Å². The minimum absolute atomic E-state index is 0.290. The molecule has 0 atom stereocenters. The van der Waals surface area contributed by atoms with Crippen LogP contribution in [0, 0.1) is 24.1 Å². The number of nitrogens with one attached hydrogen (secondary N) is 1. The third-order valence-electron chi connectivity index (χ3n) is 2.38. The van der Waals surface area contributed by atoms with E-state index in [2.05, 4.69) is 26.2 Å². The summed E-state index contributed by atoms with van der Waals surface area (Å²) in [4.78, 5) is 4.26. The highest BCUT2D eigenvalue weighted by atomic mass is 79.9. The summed E-state index contributed by atoms with van der Waals surface area (Å²) in [6.45, 7) is 1.85. The number of rotatable bonds is 2. The fourth-order valence-electron chi connectivity index (χ4n) is 1.44. The number of nitriles is 1. The first-order valence-corrected chi connectivity index (χ1v) is 5.99. The molecule has 2 rings (SSSR count). The predicted octanol–water partition coefficient (Wildman–Crippen LogP) is 3.91. The zero-order chi connectivity index (χ0) is 13.1. The Morgan fingerprint density at radius 1 is 1.33 bits per heavy atom.